The summed E-state index contributed by atoms with van der Waals surface area (Å²) in [6.07, 6.45) is 0. The zero-order valence-corrected chi connectivity index (χ0v) is 11.2. The summed E-state index contributed by atoms with van der Waals surface area (Å²) in [4.78, 5) is 11.4. The van der Waals surface area contributed by atoms with Gasteiger partial charge in [0.05, 0.1) is 0 Å². The van der Waals surface area contributed by atoms with E-state index in [0.29, 0.717) is 5.82 Å². The largest absolute Gasteiger partial charge is 0.388 e. The Kier molecular flexibility index (Phi) is 3.83. The van der Waals surface area contributed by atoms with Crippen LogP contribution in [0.2, 0.25) is 0 Å². The maximum Gasteiger partial charge on any atom is 0.213 e. The lowest BCUT2D eigenvalue weighted by molar-refractivity contribution is 0.0894. The summed E-state index contributed by atoms with van der Waals surface area (Å²) in [7, 11) is 0. The Hall–Kier alpha value is -3.14. The predicted octanol–water partition coefficient (Wildman–Crippen LogP) is -0.0323. The van der Waals surface area contributed by atoms with Crippen molar-refractivity contribution in [2.24, 2.45) is 0 Å². The van der Waals surface area contributed by atoms with Crippen LogP contribution in [-0.2, 0) is 6.67 Å². The third-order valence-electron chi connectivity index (χ3n) is 2.86. The first-order chi connectivity index (χ1) is 10.8. The highest BCUT2D eigenvalue weighted by Gasteiger charge is 2.18. The number of hydrogen-bond donors (Lipinski definition) is 2. The van der Waals surface area contributed by atoms with Gasteiger partial charge >= 0.3 is 0 Å². The fourth-order valence-corrected chi connectivity index (χ4v) is 1.82. The van der Waals surface area contributed by atoms with E-state index in [9.17, 15) is 4.79 Å². The van der Waals surface area contributed by atoms with Crippen LogP contribution in [0.4, 0.5) is 5.82 Å². The van der Waals surface area contributed by atoms with E-state index >= 15 is 0 Å². The predicted molar refractivity (Wildman–Crippen MR) is 72.6 cm³/mol. The van der Waals surface area contributed by atoms with E-state index in [1.165, 1.54) is 4.68 Å². The number of carbonyl (C=O) groups excluding carboxylic acids is 1. The first-order valence-electron chi connectivity index (χ1n) is 6.31. The van der Waals surface area contributed by atoms with Gasteiger partial charge in [-0.3, -0.25) is 4.79 Å². The van der Waals surface area contributed by atoms with Crippen molar-refractivity contribution in [2.75, 3.05) is 11.9 Å². The van der Waals surface area contributed by atoms with Crippen molar-refractivity contribution >= 4 is 11.6 Å². The van der Waals surface area contributed by atoms with Gasteiger partial charge in [-0.2, -0.15) is 0 Å². The molecule has 0 unspecified atom stereocenters. The number of aliphatic hydroxyl groups is 1. The van der Waals surface area contributed by atoms with Crippen LogP contribution in [0.5, 0.6) is 0 Å². The van der Waals surface area contributed by atoms with Crippen molar-refractivity contribution in [2.45, 2.75) is 6.67 Å². The van der Waals surface area contributed by atoms with Gasteiger partial charge in [0.2, 0.25) is 11.6 Å². The highest BCUT2D eigenvalue weighted by Crippen LogP contribution is 2.15. The summed E-state index contributed by atoms with van der Waals surface area (Å²) in [6, 6.07) is 9.40. The second-order valence-electron chi connectivity index (χ2n) is 4.25. The maximum absolute atomic E-state index is 11.4. The number of Topliss-reactive ketones (excluding diaryl/α,β-unsaturated/α-hetero) is 1. The number of benzene rings is 1. The molecule has 0 amide bonds. The van der Waals surface area contributed by atoms with Gasteiger partial charge < -0.3 is 10.4 Å². The number of aromatic nitrogens is 6. The molecule has 22 heavy (non-hydrogen) atoms. The number of carbonyl (C=O) groups is 1. The van der Waals surface area contributed by atoms with Gasteiger partial charge in [0.1, 0.15) is 13.3 Å². The Morgan fingerprint density at radius 1 is 1.27 bits per heavy atom. The molecule has 0 fully saturated rings. The summed E-state index contributed by atoms with van der Waals surface area (Å²) < 4.78 is 6.00. The number of hydrogen-bond acceptors (Lipinski definition) is 9. The Labute approximate surface area is 123 Å². The van der Waals surface area contributed by atoms with Gasteiger partial charge in [-0.15, -0.1) is 5.10 Å². The summed E-state index contributed by atoms with van der Waals surface area (Å²) in [5, 5.41) is 30.2. The molecule has 3 rings (SSSR count). The lowest BCUT2D eigenvalue weighted by Crippen LogP contribution is -2.14. The molecule has 0 aliphatic heterocycles. The quantitative estimate of drug-likeness (QED) is 0.602. The molecule has 2 heterocycles. The average Bonchev–Trinajstić information content (AvgIpc) is 3.21. The van der Waals surface area contributed by atoms with E-state index in [1.54, 1.807) is 0 Å². The molecule has 0 saturated heterocycles. The molecule has 10 heteroatoms. The van der Waals surface area contributed by atoms with Crippen molar-refractivity contribution in [1.29, 1.82) is 0 Å². The molecular formula is C12H11N7O3. The van der Waals surface area contributed by atoms with Crippen LogP contribution in [0.3, 0.4) is 0 Å². The van der Waals surface area contributed by atoms with E-state index < -0.39 is 12.4 Å². The second-order valence-corrected chi connectivity index (χ2v) is 4.25. The first kappa shape index (κ1) is 13.8. The van der Waals surface area contributed by atoms with E-state index in [4.69, 9.17) is 5.11 Å². The molecule has 3 aromatic rings. The number of rotatable bonds is 6. The fourth-order valence-electron chi connectivity index (χ4n) is 1.82. The Bertz CT molecular complexity index is 768. The average molecular weight is 301 g/mol. The minimum Gasteiger partial charge on any atom is -0.388 e. The van der Waals surface area contributed by atoms with Crippen LogP contribution >= 0.6 is 0 Å². The van der Waals surface area contributed by atoms with Gasteiger partial charge in [0.15, 0.2) is 11.5 Å². The summed E-state index contributed by atoms with van der Waals surface area (Å²) in [6.45, 7) is -0.528. The standard InChI is InChI=1S/C12H11N7O3/c20-6-9(21)10-11(16-22-15-10)13-7-19-12(14-17-18-19)8-4-2-1-3-5-8/h1-5,20H,6-7H2,(H,13,16). The van der Waals surface area contributed by atoms with Crippen LogP contribution in [0.15, 0.2) is 35.0 Å². The van der Waals surface area contributed by atoms with Crippen LogP contribution in [0, 0.1) is 0 Å². The monoisotopic (exact) mass is 301 g/mol. The number of anilines is 1. The lowest BCUT2D eigenvalue weighted by atomic mass is 10.2. The van der Waals surface area contributed by atoms with Gasteiger partial charge in [-0.25, -0.2) is 9.31 Å². The molecule has 10 nitrogen and oxygen atoms in total. The van der Waals surface area contributed by atoms with Gasteiger partial charge in [0.25, 0.3) is 0 Å². The highest BCUT2D eigenvalue weighted by molar-refractivity contribution is 5.98. The Morgan fingerprint density at radius 3 is 2.86 bits per heavy atom. The van der Waals surface area contributed by atoms with Crippen molar-refractivity contribution < 1.29 is 14.5 Å². The molecule has 112 valence electrons. The van der Waals surface area contributed by atoms with Crippen LogP contribution in [-0.4, -0.2) is 48.0 Å². The SMILES string of the molecule is O=C(CO)c1nonc1NCn1nnnc1-c1ccccc1. The highest BCUT2D eigenvalue weighted by atomic mass is 16.6. The van der Waals surface area contributed by atoms with E-state index in [2.05, 4.69) is 35.8 Å². The van der Waals surface area contributed by atoms with Crippen LogP contribution in [0.1, 0.15) is 10.5 Å². The molecule has 2 aromatic heterocycles. The van der Waals surface area contributed by atoms with E-state index in [1.807, 2.05) is 30.3 Å². The zero-order chi connectivity index (χ0) is 15.4. The van der Waals surface area contributed by atoms with Gasteiger partial charge in [-0.1, -0.05) is 30.3 Å². The molecule has 0 radical (unpaired) electrons. The second kappa shape index (κ2) is 6.10. The number of aliphatic hydroxyl groups excluding tert-OH is 1. The third kappa shape index (κ3) is 2.67. The molecule has 0 atom stereocenters. The minimum absolute atomic E-state index is 0.0724. The summed E-state index contributed by atoms with van der Waals surface area (Å²) >= 11 is 0. The fraction of sp³-hybridized carbons (Fsp3) is 0.167. The van der Waals surface area contributed by atoms with Crippen molar-refractivity contribution in [3.05, 3.63) is 36.0 Å². The molecule has 2 N–H and O–H groups in total. The number of ketones is 1. The third-order valence-corrected chi connectivity index (χ3v) is 2.86. The topological polar surface area (TPSA) is 132 Å². The number of nitrogens with zero attached hydrogens (tertiary/aromatic N) is 6. The van der Waals surface area contributed by atoms with Crippen LogP contribution in [0.25, 0.3) is 11.4 Å². The molecule has 0 bridgehead atoms. The maximum atomic E-state index is 11.4. The number of tetrazole rings is 1. The normalized spacial score (nSPS) is 10.6. The van der Waals surface area contributed by atoms with E-state index in [0.717, 1.165) is 5.56 Å². The van der Waals surface area contributed by atoms with Gasteiger partial charge in [-0.05, 0) is 20.7 Å². The number of nitrogens with one attached hydrogen (secondary N) is 1. The molecule has 0 saturated carbocycles. The zero-order valence-electron chi connectivity index (χ0n) is 11.2. The van der Waals surface area contributed by atoms with Crippen molar-refractivity contribution in [3.63, 3.8) is 0 Å². The molecule has 0 aliphatic carbocycles. The summed E-state index contributed by atoms with van der Waals surface area (Å²) in [5.41, 5.74) is 0.774. The Balaban J connectivity index is 1.78. The lowest BCUT2D eigenvalue weighted by Gasteiger charge is -2.05. The van der Waals surface area contributed by atoms with Crippen molar-refractivity contribution in [1.82, 2.24) is 30.5 Å². The summed E-state index contributed by atoms with van der Waals surface area (Å²) in [5.74, 6) is 0.0805. The Morgan fingerprint density at radius 2 is 2.09 bits per heavy atom. The van der Waals surface area contributed by atoms with Crippen LogP contribution < -0.4 is 5.32 Å². The van der Waals surface area contributed by atoms with Crippen molar-refractivity contribution in [3.8, 4) is 11.4 Å². The van der Waals surface area contributed by atoms with Gasteiger partial charge in [0, 0.05) is 5.56 Å². The molecule has 1 aromatic carbocycles. The molecular weight excluding hydrogens is 290 g/mol. The minimum atomic E-state index is -0.678. The molecule has 0 spiro atoms. The smallest absolute Gasteiger partial charge is 0.213 e. The van der Waals surface area contributed by atoms with E-state index in [-0.39, 0.29) is 18.2 Å². The first-order valence-corrected chi connectivity index (χ1v) is 6.31. The molecule has 0 aliphatic rings.